The second-order valence-corrected chi connectivity index (χ2v) is 5.66. The van der Waals surface area contributed by atoms with Gasteiger partial charge in [-0.25, -0.2) is 5.43 Å². The molecular weight excluding hydrogens is 358 g/mol. The summed E-state index contributed by atoms with van der Waals surface area (Å²) in [7, 11) is 0. The van der Waals surface area contributed by atoms with E-state index in [1.165, 1.54) is 24.4 Å². The van der Waals surface area contributed by atoms with Crippen LogP contribution in [0.25, 0.3) is 11.3 Å². The lowest BCUT2D eigenvalue weighted by atomic mass is 10.1. The van der Waals surface area contributed by atoms with Crippen molar-refractivity contribution in [1.29, 1.82) is 0 Å². The first-order valence-electron chi connectivity index (χ1n) is 7.42. The number of carbonyl (C=O) groups is 1. The Kier molecular flexibility index (Phi) is 5.04. The van der Waals surface area contributed by atoms with Crippen LogP contribution in [0, 0.1) is 10.1 Å². The van der Waals surface area contributed by atoms with E-state index in [-0.39, 0.29) is 11.4 Å². The third-order valence-electron chi connectivity index (χ3n) is 3.42. The van der Waals surface area contributed by atoms with E-state index in [9.17, 15) is 14.9 Å². The second kappa shape index (κ2) is 7.58. The number of rotatable bonds is 5. The lowest BCUT2D eigenvalue weighted by molar-refractivity contribution is -0.384. The van der Waals surface area contributed by atoms with Gasteiger partial charge in [-0.2, -0.15) is 10.2 Å². The summed E-state index contributed by atoms with van der Waals surface area (Å²) in [6, 6.07) is 14.4. The van der Waals surface area contributed by atoms with Crippen molar-refractivity contribution in [2.45, 2.75) is 0 Å². The quantitative estimate of drug-likeness (QED) is 0.407. The number of nitro groups is 1. The van der Waals surface area contributed by atoms with Crippen LogP contribution in [0.2, 0.25) is 5.02 Å². The monoisotopic (exact) mass is 369 g/mol. The molecule has 26 heavy (non-hydrogen) atoms. The minimum absolute atomic E-state index is 0.0518. The van der Waals surface area contributed by atoms with Crippen LogP contribution in [0.1, 0.15) is 16.1 Å². The molecule has 130 valence electrons. The summed E-state index contributed by atoms with van der Waals surface area (Å²) >= 11 is 5.79. The van der Waals surface area contributed by atoms with E-state index < -0.39 is 10.8 Å². The van der Waals surface area contributed by atoms with Gasteiger partial charge in [0.1, 0.15) is 5.69 Å². The predicted octanol–water partition coefficient (Wildman–Crippen LogP) is 3.40. The van der Waals surface area contributed by atoms with Crippen LogP contribution in [0.5, 0.6) is 0 Å². The van der Waals surface area contributed by atoms with Crippen molar-refractivity contribution >= 4 is 29.4 Å². The van der Waals surface area contributed by atoms with Gasteiger partial charge in [-0.05, 0) is 23.8 Å². The maximum atomic E-state index is 12.1. The molecule has 0 aliphatic carbocycles. The number of nitro benzene ring substituents is 1. The molecule has 0 aliphatic heterocycles. The van der Waals surface area contributed by atoms with Gasteiger partial charge in [0.2, 0.25) is 0 Å². The third kappa shape index (κ3) is 4.11. The molecule has 1 amide bonds. The fourth-order valence-electron chi connectivity index (χ4n) is 2.14. The van der Waals surface area contributed by atoms with Crippen LogP contribution in [0.4, 0.5) is 5.69 Å². The molecule has 3 aromatic rings. The largest absolute Gasteiger partial charge is 0.289 e. The average Bonchev–Trinajstić information content (AvgIpc) is 3.14. The van der Waals surface area contributed by atoms with E-state index in [0.29, 0.717) is 16.3 Å². The number of hydrogen-bond acceptors (Lipinski definition) is 5. The van der Waals surface area contributed by atoms with Gasteiger partial charge in [-0.15, -0.1) is 0 Å². The Morgan fingerprint density at radius 1 is 1.23 bits per heavy atom. The number of nitrogens with zero attached hydrogens (tertiary/aromatic N) is 3. The summed E-state index contributed by atoms with van der Waals surface area (Å²) in [6.07, 6.45) is 1.48. The summed E-state index contributed by atoms with van der Waals surface area (Å²) < 4.78 is 0. The number of non-ortho nitro benzene ring substituents is 1. The highest BCUT2D eigenvalue weighted by Gasteiger charge is 2.13. The number of halogens is 1. The van der Waals surface area contributed by atoms with Crippen molar-refractivity contribution in [3.8, 4) is 11.3 Å². The van der Waals surface area contributed by atoms with Crippen molar-refractivity contribution in [2.75, 3.05) is 0 Å². The van der Waals surface area contributed by atoms with Crippen LogP contribution in [0.3, 0.4) is 0 Å². The highest BCUT2D eigenvalue weighted by molar-refractivity contribution is 6.30. The Bertz CT molecular complexity index is 982. The van der Waals surface area contributed by atoms with E-state index >= 15 is 0 Å². The molecule has 0 aliphatic rings. The molecule has 1 heterocycles. The minimum Gasteiger partial charge on any atom is -0.272 e. The first-order chi connectivity index (χ1) is 12.5. The van der Waals surface area contributed by atoms with E-state index in [1.54, 1.807) is 36.4 Å². The van der Waals surface area contributed by atoms with Crippen molar-refractivity contribution in [3.05, 3.63) is 81.0 Å². The maximum Gasteiger partial charge on any atom is 0.289 e. The summed E-state index contributed by atoms with van der Waals surface area (Å²) in [6.45, 7) is 0. The molecule has 2 N–H and O–H groups in total. The fraction of sp³-hybridized carbons (Fsp3) is 0. The molecule has 0 saturated carbocycles. The van der Waals surface area contributed by atoms with Crippen molar-refractivity contribution in [3.63, 3.8) is 0 Å². The Labute approximate surface area is 152 Å². The van der Waals surface area contributed by atoms with Gasteiger partial charge in [0.15, 0.2) is 0 Å². The summed E-state index contributed by atoms with van der Waals surface area (Å²) in [5, 5.41) is 21.9. The zero-order valence-corrected chi connectivity index (χ0v) is 14.0. The highest BCUT2D eigenvalue weighted by atomic mass is 35.5. The van der Waals surface area contributed by atoms with Gasteiger partial charge in [-0.3, -0.25) is 20.0 Å². The van der Waals surface area contributed by atoms with Crippen molar-refractivity contribution < 1.29 is 9.72 Å². The molecule has 3 rings (SSSR count). The summed E-state index contributed by atoms with van der Waals surface area (Å²) in [5.41, 5.74) is 4.22. The number of carbonyl (C=O) groups excluding carboxylic acids is 1. The third-order valence-corrected chi connectivity index (χ3v) is 3.68. The van der Waals surface area contributed by atoms with E-state index in [4.69, 9.17) is 11.6 Å². The van der Waals surface area contributed by atoms with Gasteiger partial charge >= 0.3 is 0 Å². The van der Waals surface area contributed by atoms with Crippen molar-refractivity contribution in [1.82, 2.24) is 15.6 Å². The van der Waals surface area contributed by atoms with Gasteiger partial charge in [-0.1, -0.05) is 35.9 Å². The Balaban J connectivity index is 1.69. The first-order valence-corrected chi connectivity index (χ1v) is 7.80. The van der Waals surface area contributed by atoms with Crippen LogP contribution in [0.15, 0.2) is 59.7 Å². The number of hydrazone groups is 1. The Morgan fingerprint density at radius 3 is 2.73 bits per heavy atom. The van der Waals surface area contributed by atoms with Gasteiger partial charge in [0, 0.05) is 22.7 Å². The van der Waals surface area contributed by atoms with Gasteiger partial charge in [0.05, 0.1) is 16.8 Å². The topological polar surface area (TPSA) is 113 Å². The molecular formula is C17H12ClN5O3. The van der Waals surface area contributed by atoms with E-state index in [2.05, 4.69) is 20.7 Å². The number of nitrogens with one attached hydrogen (secondary N) is 2. The minimum atomic E-state index is -0.491. The predicted molar refractivity (Wildman–Crippen MR) is 97.2 cm³/mol. The lowest BCUT2D eigenvalue weighted by Crippen LogP contribution is -2.17. The maximum absolute atomic E-state index is 12.1. The molecule has 1 aromatic heterocycles. The van der Waals surface area contributed by atoms with Gasteiger partial charge in [0.25, 0.3) is 11.6 Å². The zero-order valence-electron chi connectivity index (χ0n) is 13.2. The second-order valence-electron chi connectivity index (χ2n) is 5.22. The molecule has 9 heteroatoms. The number of aromatic amines is 1. The smallest absolute Gasteiger partial charge is 0.272 e. The van der Waals surface area contributed by atoms with E-state index in [0.717, 1.165) is 5.56 Å². The molecule has 0 radical (unpaired) electrons. The molecule has 0 saturated heterocycles. The summed E-state index contributed by atoms with van der Waals surface area (Å²) in [4.78, 5) is 22.4. The van der Waals surface area contributed by atoms with E-state index in [1.807, 2.05) is 0 Å². The molecule has 8 nitrogen and oxygen atoms in total. The summed E-state index contributed by atoms with van der Waals surface area (Å²) in [5.74, 6) is -0.487. The average molecular weight is 370 g/mol. The standard InChI is InChI=1S/C17H12ClN5O3/c18-13-6-4-11(5-7-13)10-19-22-17(24)16-9-15(20-21-16)12-2-1-3-14(8-12)23(25)26/h1-10H,(H,20,21)(H,22,24)/b19-10+. The normalized spacial score (nSPS) is 10.8. The Morgan fingerprint density at radius 2 is 2.00 bits per heavy atom. The fourth-order valence-corrected chi connectivity index (χ4v) is 2.27. The zero-order chi connectivity index (χ0) is 18.5. The lowest BCUT2D eigenvalue weighted by Gasteiger charge is -1.97. The van der Waals surface area contributed by atoms with Crippen LogP contribution < -0.4 is 5.43 Å². The number of benzene rings is 2. The molecule has 0 unspecified atom stereocenters. The highest BCUT2D eigenvalue weighted by Crippen LogP contribution is 2.22. The number of aromatic nitrogens is 2. The molecule has 0 atom stereocenters. The molecule has 0 spiro atoms. The Hall–Kier alpha value is -3.52. The van der Waals surface area contributed by atoms with Gasteiger partial charge < -0.3 is 0 Å². The molecule has 2 aromatic carbocycles. The SMILES string of the molecule is O=C(N/N=C/c1ccc(Cl)cc1)c1cc(-c2cccc([N+](=O)[O-])c2)n[nH]1. The molecule has 0 fully saturated rings. The number of hydrogen-bond donors (Lipinski definition) is 2. The molecule has 0 bridgehead atoms. The van der Waals surface area contributed by atoms with Crippen LogP contribution in [-0.4, -0.2) is 27.2 Å². The van der Waals surface area contributed by atoms with Crippen molar-refractivity contribution in [2.24, 2.45) is 5.10 Å². The van der Waals surface area contributed by atoms with Crippen LogP contribution >= 0.6 is 11.6 Å². The van der Waals surface area contributed by atoms with Crippen LogP contribution in [-0.2, 0) is 0 Å². The number of H-pyrrole nitrogens is 1. The number of amides is 1. The first kappa shape index (κ1) is 17.3.